The van der Waals surface area contributed by atoms with Crippen molar-refractivity contribution in [2.45, 2.75) is 31.7 Å². The Labute approximate surface area is 70.4 Å². The van der Waals surface area contributed by atoms with Gasteiger partial charge in [0.05, 0.1) is 12.2 Å². The van der Waals surface area contributed by atoms with Crippen LogP contribution < -0.4 is 5.73 Å². The van der Waals surface area contributed by atoms with Crippen molar-refractivity contribution in [1.29, 1.82) is 0 Å². The number of halogens is 1. The lowest BCUT2D eigenvalue weighted by atomic mass is 10.3. The van der Waals surface area contributed by atoms with E-state index >= 15 is 0 Å². The molecule has 0 bridgehead atoms. The Morgan fingerprint density at radius 3 is 2.67 bits per heavy atom. The molecule has 2 rings (SSSR count). The first-order valence-electron chi connectivity index (χ1n) is 4.27. The molecule has 0 amide bonds. The minimum atomic E-state index is -0.373. The van der Waals surface area contributed by atoms with E-state index in [1.165, 1.54) is 23.7 Å². The van der Waals surface area contributed by atoms with Gasteiger partial charge in [0.1, 0.15) is 5.69 Å². The lowest BCUT2D eigenvalue weighted by molar-refractivity contribution is 0.382. The summed E-state index contributed by atoms with van der Waals surface area (Å²) >= 11 is 0. The van der Waals surface area contributed by atoms with Crippen LogP contribution in [0, 0.1) is 5.95 Å². The second kappa shape index (κ2) is 2.77. The van der Waals surface area contributed by atoms with Gasteiger partial charge in [-0.3, -0.25) is 0 Å². The molecule has 1 heterocycles. The summed E-state index contributed by atoms with van der Waals surface area (Å²) < 4.78 is 14.6. The minimum Gasteiger partial charge on any atom is -0.394 e. The summed E-state index contributed by atoms with van der Waals surface area (Å²) in [6.45, 7) is 0. The van der Waals surface area contributed by atoms with Crippen molar-refractivity contribution in [3.8, 4) is 0 Å². The fourth-order valence-electron chi connectivity index (χ4n) is 1.76. The maximum Gasteiger partial charge on any atom is 0.234 e. The molecule has 12 heavy (non-hydrogen) atoms. The Hall–Kier alpha value is -1.06. The number of nitrogen functional groups attached to an aromatic ring is 1. The number of nitrogens with zero attached hydrogens (tertiary/aromatic N) is 2. The van der Waals surface area contributed by atoms with E-state index in [0.29, 0.717) is 0 Å². The van der Waals surface area contributed by atoms with Gasteiger partial charge in [-0.25, -0.2) is 4.68 Å². The molecule has 0 spiro atoms. The molecule has 0 aliphatic heterocycles. The number of hydrogen-bond donors (Lipinski definition) is 1. The molecular weight excluding hydrogens is 157 g/mol. The van der Waals surface area contributed by atoms with Crippen LogP contribution in [0.5, 0.6) is 0 Å². The molecule has 2 N–H and O–H groups in total. The van der Waals surface area contributed by atoms with Crippen molar-refractivity contribution in [2.24, 2.45) is 0 Å². The highest BCUT2D eigenvalue weighted by Gasteiger charge is 2.21. The predicted molar refractivity (Wildman–Crippen MR) is 44.1 cm³/mol. The summed E-state index contributed by atoms with van der Waals surface area (Å²) in [5, 5.41) is 3.91. The third-order valence-corrected chi connectivity index (χ3v) is 2.43. The Balaban J connectivity index is 2.26. The van der Waals surface area contributed by atoms with E-state index in [0.717, 1.165) is 12.8 Å². The zero-order chi connectivity index (χ0) is 8.55. The number of anilines is 1. The van der Waals surface area contributed by atoms with Crippen LogP contribution in [0.1, 0.15) is 31.7 Å². The van der Waals surface area contributed by atoms with Gasteiger partial charge in [0.2, 0.25) is 5.95 Å². The monoisotopic (exact) mass is 169 g/mol. The van der Waals surface area contributed by atoms with Gasteiger partial charge >= 0.3 is 0 Å². The van der Waals surface area contributed by atoms with Crippen molar-refractivity contribution in [2.75, 3.05) is 5.73 Å². The summed E-state index contributed by atoms with van der Waals surface area (Å²) in [4.78, 5) is 0. The highest BCUT2D eigenvalue weighted by molar-refractivity contribution is 5.32. The van der Waals surface area contributed by atoms with Gasteiger partial charge in [-0.2, -0.15) is 9.49 Å². The third-order valence-electron chi connectivity index (χ3n) is 2.43. The van der Waals surface area contributed by atoms with E-state index in [9.17, 15) is 4.39 Å². The molecule has 0 saturated heterocycles. The average Bonchev–Trinajstić information content (AvgIpc) is 2.64. The van der Waals surface area contributed by atoms with Crippen LogP contribution in [0.4, 0.5) is 10.1 Å². The molecule has 0 atom stereocenters. The summed E-state index contributed by atoms with van der Waals surface area (Å²) in [7, 11) is 0. The van der Waals surface area contributed by atoms with Gasteiger partial charge in [0.15, 0.2) is 0 Å². The molecule has 3 nitrogen and oxygen atoms in total. The van der Waals surface area contributed by atoms with E-state index in [1.54, 1.807) is 0 Å². The summed E-state index contributed by atoms with van der Waals surface area (Å²) in [6.07, 6.45) is 5.78. The topological polar surface area (TPSA) is 43.8 Å². The number of nitrogens with two attached hydrogens (primary N) is 1. The zero-order valence-corrected chi connectivity index (χ0v) is 6.83. The smallest absolute Gasteiger partial charge is 0.234 e. The molecular formula is C8H12FN3. The number of hydrogen-bond acceptors (Lipinski definition) is 2. The van der Waals surface area contributed by atoms with E-state index in [1.807, 2.05) is 0 Å². The summed E-state index contributed by atoms with van der Waals surface area (Å²) in [5.41, 5.74) is 5.50. The lowest BCUT2D eigenvalue weighted by Gasteiger charge is -2.09. The van der Waals surface area contributed by atoms with E-state index < -0.39 is 0 Å². The van der Waals surface area contributed by atoms with Crippen LogP contribution in [0.2, 0.25) is 0 Å². The first-order chi connectivity index (χ1) is 5.79. The highest BCUT2D eigenvalue weighted by Crippen LogP contribution is 2.30. The van der Waals surface area contributed by atoms with Gasteiger partial charge in [-0.15, -0.1) is 0 Å². The van der Waals surface area contributed by atoms with Crippen LogP contribution in [0.15, 0.2) is 6.20 Å². The van der Waals surface area contributed by atoms with Gasteiger partial charge in [0, 0.05) is 0 Å². The fourth-order valence-corrected chi connectivity index (χ4v) is 1.76. The zero-order valence-electron chi connectivity index (χ0n) is 6.83. The maximum absolute atomic E-state index is 13.2. The fraction of sp³-hybridized carbons (Fsp3) is 0.625. The molecule has 0 aromatic carbocycles. The Morgan fingerprint density at radius 2 is 2.17 bits per heavy atom. The predicted octanol–water partition coefficient (Wildman–Crippen LogP) is 1.72. The van der Waals surface area contributed by atoms with Gasteiger partial charge in [-0.05, 0) is 12.8 Å². The first kappa shape index (κ1) is 7.58. The van der Waals surface area contributed by atoms with Crippen molar-refractivity contribution in [3.05, 3.63) is 12.1 Å². The molecule has 0 unspecified atom stereocenters. The second-order valence-corrected chi connectivity index (χ2v) is 3.27. The molecule has 1 fully saturated rings. The molecule has 1 aromatic heterocycles. The molecule has 0 radical (unpaired) electrons. The van der Waals surface area contributed by atoms with Crippen molar-refractivity contribution in [1.82, 2.24) is 9.78 Å². The van der Waals surface area contributed by atoms with Crippen LogP contribution in [-0.4, -0.2) is 9.78 Å². The standard InChI is InChI=1S/C8H12FN3/c9-8-7(10)5-11-12(8)6-3-1-2-4-6/h5-6H,1-4,10H2. The van der Waals surface area contributed by atoms with Crippen molar-refractivity contribution >= 4 is 5.69 Å². The van der Waals surface area contributed by atoms with Crippen molar-refractivity contribution < 1.29 is 4.39 Å². The van der Waals surface area contributed by atoms with Gasteiger partial charge in [0.25, 0.3) is 0 Å². The second-order valence-electron chi connectivity index (χ2n) is 3.27. The first-order valence-corrected chi connectivity index (χ1v) is 4.27. The summed E-state index contributed by atoms with van der Waals surface area (Å²) in [6, 6.07) is 0.238. The van der Waals surface area contributed by atoms with Crippen LogP contribution >= 0.6 is 0 Å². The normalized spacial score (nSPS) is 18.8. The van der Waals surface area contributed by atoms with Crippen LogP contribution in [0.25, 0.3) is 0 Å². The molecule has 1 saturated carbocycles. The Morgan fingerprint density at radius 1 is 1.50 bits per heavy atom. The molecule has 1 aromatic rings. The quantitative estimate of drug-likeness (QED) is 0.695. The average molecular weight is 169 g/mol. The SMILES string of the molecule is Nc1cnn(C2CCCC2)c1F. The molecule has 66 valence electrons. The third kappa shape index (κ3) is 1.07. The summed E-state index contributed by atoms with van der Waals surface area (Å²) in [5.74, 6) is -0.373. The van der Waals surface area contributed by atoms with E-state index in [-0.39, 0.29) is 17.7 Å². The van der Waals surface area contributed by atoms with Gasteiger partial charge in [-0.1, -0.05) is 12.8 Å². The number of rotatable bonds is 1. The van der Waals surface area contributed by atoms with Crippen LogP contribution in [-0.2, 0) is 0 Å². The molecule has 1 aliphatic carbocycles. The van der Waals surface area contributed by atoms with Crippen molar-refractivity contribution in [3.63, 3.8) is 0 Å². The Bertz CT molecular complexity index is 276. The van der Waals surface area contributed by atoms with E-state index in [2.05, 4.69) is 5.10 Å². The largest absolute Gasteiger partial charge is 0.394 e. The van der Waals surface area contributed by atoms with Crippen LogP contribution in [0.3, 0.4) is 0 Å². The molecule has 4 heteroatoms. The minimum absolute atomic E-state index is 0.155. The maximum atomic E-state index is 13.2. The lowest BCUT2D eigenvalue weighted by Crippen LogP contribution is -2.09. The molecule has 1 aliphatic rings. The highest BCUT2D eigenvalue weighted by atomic mass is 19.1. The van der Waals surface area contributed by atoms with Gasteiger partial charge < -0.3 is 5.73 Å². The van der Waals surface area contributed by atoms with E-state index in [4.69, 9.17) is 5.73 Å². The Kier molecular flexibility index (Phi) is 1.75. The number of aromatic nitrogens is 2.